The van der Waals surface area contributed by atoms with E-state index < -0.39 is 5.91 Å². The summed E-state index contributed by atoms with van der Waals surface area (Å²) in [6.45, 7) is 0.772. The van der Waals surface area contributed by atoms with Crippen LogP contribution in [0.3, 0.4) is 0 Å². The number of fused-ring (bicyclic) bond motifs is 1. The van der Waals surface area contributed by atoms with E-state index in [0.29, 0.717) is 0 Å². The smallest absolute Gasteiger partial charge is 0.267 e. The summed E-state index contributed by atoms with van der Waals surface area (Å²) in [6.07, 6.45) is 7.44. The number of hydroxylamine groups is 1. The van der Waals surface area contributed by atoms with Crippen molar-refractivity contribution in [2.24, 2.45) is 0 Å². The van der Waals surface area contributed by atoms with Crippen LogP contribution in [0, 0.1) is 0 Å². The quantitative estimate of drug-likeness (QED) is 0.301. The van der Waals surface area contributed by atoms with Crippen LogP contribution in [0.1, 0.15) is 11.1 Å². The fraction of sp³-hybridized carbons (Fsp3) is 0.0870. The summed E-state index contributed by atoms with van der Waals surface area (Å²) in [6, 6.07) is 19.9. The van der Waals surface area contributed by atoms with E-state index in [2.05, 4.69) is 21.7 Å². The molecule has 0 aliphatic rings. The highest BCUT2D eigenvalue weighted by Crippen LogP contribution is 2.26. The highest BCUT2D eigenvalue weighted by atomic mass is 16.5. The van der Waals surface area contributed by atoms with Crippen molar-refractivity contribution in [3.05, 3.63) is 90.3 Å². The summed E-state index contributed by atoms with van der Waals surface area (Å²) >= 11 is 0. The number of aromatic nitrogens is 3. The van der Waals surface area contributed by atoms with Gasteiger partial charge < -0.3 is 4.57 Å². The van der Waals surface area contributed by atoms with Gasteiger partial charge in [0, 0.05) is 30.6 Å². The highest BCUT2D eigenvalue weighted by molar-refractivity contribution is 5.91. The van der Waals surface area contributed by atoms with Crippen molar-refractivity contribution in [2.75, 3.05) is 0 Å². The van der Waals surface area contributed by atoms with Crippen LogP contribution < -0.4 is 5.48 Å². The lowest BCUT2D eigenvalue weighted by molar-refractivity contribution is -0.124. The predicted molar refractivity (Wildman–Crippen MR) is 112 cm³/mol. The molecule has 2 heterocycles. The summed E-state index contributed by atoms with van der Waals surface area (Å²) in [5.41, 5.74) is 6.58. The van der Waals surface area contributed by atoms with Crippen molar-refractivity contribution in [3.8, 4) is 11.4 Å². The molecule has 6 nitrogen and oxygen atoms in total. The Balaban J connectivity index is 1.72. The number of benzene rings is 2. The molecule has 2 aromatic carbocycles. The largest absolute Gasteiger partial charge is 0.324 e. The number of nitrogens with one attached hydrogen (secondary N) is 1. The maximum Gasteiger partial charge on any atom is 0.267 e. The number of hydrogen-bond donors (Lipinski definition) is 2. The minimum Gasteiger partial charge on any atom is -0.324 e. The van der Waals surface area contributed by atoms with E-state index in [9.17, 15) is 4.79 Å². The number of carbonyl (C=O) groups is 1. The second-order valence-corrected chi connectivity index (χ2v) is 6.62. The van der Waals surface area contributed by atoms with Gasteiger partial charge >= 0.3 is 0 Å². The van der Waals surface area contributed by atoms with Crippen molar-refractivity contribution in [3.63, 3.8) is 0 Å². The van der Waals surface area contributed by atoms with Gasteiger partial charge in [-0.15, -0.1) is 0 Å². The zero-order valence-electron chi connectivity index (χ0n) is 15.7. The molecule has 0 spiro atoms. The third-order valence-electron chi connectivity index (χ3n) is 4.68. The molecule has 0 fully saturated rings. The lowest BCUT2D eigenvalue weighted by atomic mass is 10.1. The number of nitrogens with zero attached hydrogens (tertiary/aromatic N) is 3. The zero-order valence-corrected chi connectivity index (χ0v) is 15.7. The second kappa shape index (κ2) is 8.50. The van der Waals surface area contributed by atoms with E-state index in [0.717, 1.165) is 41.0 Å². The number of hydrogen-bond acceptors (Lipinski definition) is 4. The van der Waals surface area contributed by atoms with Crippen LogP contribution in [0.4, 0.5) is 0 Å². The Bertz CT molecular complexity index is 1170. The van der Waals surface area contributed by atoms with Gasteiger partial charge in [0.2, 0.25) is 0 Å². The molecule has 1 amide bonds. The molecule has 0 atom stereocenters. The summed E-state index contributed by atoms with van der Waals surface area (Å²) in [5.74, 6) is 0.302. The Kier molecular flexibility index (Phi) is 5.45. The average molecular weight is 384 g/mol. The van der Waals surface area contributed by atoms with Crippen LogP contribution in [0.15, 0.2) is 79.1 Å². The van der Waals surface area contributed by atoms with E-state index in [-0.39, 0.29) is 0 Å². The van der Waals surface area contributed by atoms with Crippen LogP contribution in [0.25, 0.3) is 28.5 Å². The Labute approximate surface area is 168 Å². The highest BCUT2D eigenvalue weighted by Gasteiger charge is 2.12. The number of amides is 1. The lowest BCUT2D eigenvalue weighted by Gasteiger charge is -2.10. The van der Waals surface area contributed by atoms with Crippen LogP contribution in [-0.4, -0.2) is 25.6 Å². The Morgan fingerprint density at radius 2 is 2.00 bits per heavy atom. The second-order valence-electron chi connectivity index (χ2n) is 6.62. The van der Waals surface area contributed by atoms with Crippen LogP contribution in [-0.2, 0) is 17.8 Å². The van der Waals surface area contributed by atoms with E-state index in [1.807, 2.05) is 54.7 Å². The normalized spacial score (nSPS) is 11.2. The molecule has 2 N–H and O–H groups in total. The summed E-state index contributed by atoms with van der Waals surface area (Å²) < 4.78 is 2.21. The maximum absolute atomic E-state index is 11.3. The van der Waals surface area contributed by atoms with E-state index in [1.165, 1.54) is 11.6 Å². The number of para-hydroxylation sites is 2. The van der Waals surface area contributed by atoms with Gasteiger partial charge in [-0.25, -0.2) is 10.5 Å². The minimum absolute atomic E-state index is 0.570. The summed E-state index contributed by atoms with van der Waals surface area (Å²) in [5, 5.41) is 8.65. The first-order valence-corrected chi connectivity index (χ1v) is 9.31. The van der Waals surface area contributed by atoms with Gasteiger partial charge in [-0.2, -0.15) is 0 Å². The molecule has 4 rings (SSSR count). The Morgan fingerprint density at radius 1 is 1.10 bits per heavy atom. The molecule has 29 heavy (non-hydrogen) atoms. The van der Waals surface area contributed by atoms with Gasteiger partial charge in [-0.3, -0.25) is 15.0 Å². The third-order valence-corrected chi connectivity index (χ3v) is 4.68. The molecule has 0 saturated carbocycles. The van der Waals surface area contributed by atoms with Crippen LogP contribution in [0.2, 0.25) is 0 Å². The minimum atomic E-state index is -0.570. The van der Waals surface area contributed by atoms with Crippen molar-refractivity contribution in [1.82, 2.24) is 20.0 Å². The fourth-order valence-electron chi connectivity index (χ4n) is 3.30. The molecular formula is C23H20N4O2. The number of rotatable bonds is 6. The molecule has 0 aliphatic carbocycles. The van der Waals surface area contributed by atoms with Gasteiger partial charge in [0.05, 0.1) is 11.0 Å². The molecule has 0 unspecified atom stereocenters. The predicted octanol–water partition coefficient (Wildman–Crippen LogP) is 3.86. The average Bonchev–Trinajstić information content (AvgIpc) is 3.15. The van der Waals surface area contributed by atoms with E-state index in [4.69, 9.17) is 10.2 Å². The molecule has 2 aromatic heterocycles. The zero-order chi connectivity index (χ0) is 20.1. The van der Waals surface area contributed by atoms with Gasteiger partial charge in [0.25, 0.3) is 5.91 Å². The number of imidazole rings is 1. The SMILES string of the molecule is O=C(C=Cc1cccc(-c2nc3ccccc3n2CCc2cccnc2)c1)NO. The molecule has 4 aromatic rings. The van der Waals surface area contributed by atoms with E-state index >= 15 is 0 Å². The molecule has 0 bridgehead atoms. The first kappa shape index (κ1) is 18.6. The van der Waals surface area contributed by atoms with Crippen LogP contribution in [0.5, 0.6) is 0 Å². The topological polar surface area (TPSA) is 80.0 Å². The molecular weight excluding hydrogens is 364 g/mol. The molecule has 0 radical (unpaired) electrons. The fourth-order valence-corrected chi connectivity index (χ4v) is 3.30. The van der Waals surface area contributed by atoms with Crippen molar-refractivity contribution < 1.29 is 10.0 Å². The lowest BCUT2D eigenvalue weighted by Crippen LogP contribution is -2.14. The van der Waals surface area contributed by atoms with Gasteiger partial charge in [0.15, 0.2) is 0 Å². The first-order valence-electron chi connectivity index (χ1n) is 9.31. The maximum atomic E-state index is 11.3. The van der Waals surface area contributed by atoms with Crippen molar-refractivity contribution >= 4 is 23.0 Å². The molecule has 0 aliphatic heterocycles. The Morgan fingerprint density at radius 3 is 2.83 bits per heavy atom. The molecule has 144 valence electrons. The molecule has 0 saturated heterocycles. The number of aryl methyl sites for hydroxylation is 2. The summed E-state index contributed by atoms with van der Waals surface area (Å²) in [4.78, 5) is 20.3. The standard InChI is InChI=1S/C23H20N4O2/c28-22(26-29)11-10-17-5-3-7-19(15-17)23-25-20-8-1-2-9-21(20)27(23)14-12-18-6-4-13-24-16-18/h1-11,13,15-16,29H,12,14H2,(H,26,28). The number of carbonyl (C=O) groups excluding carboxylic acids is 1. The molecule has 6 heteroatoms. The van der Waals surface area contributed by atoms with Crippen LogP contribution >= 0.6 is 0 Å². The van der Waals surface area contributed by atoms with Gasteiger partial charge in [-0.05, 0) is 47.9 Å². The van der Waals surface area contributed by atoms with Crippen molar-refractivity contribution in [1.29, 1.82) is 0 Å². The van der Waals surface area contributed by atoms with E-state index in [1.54, 1.807) is 17.8 Å². The Hall–Kier alpha value is -3.77. The van der Waals surface area contributed by atoms with Gasteiger partial charge in [-0.1, -0.05) is 36.4 Å². The monoisotopic (exact) mass is 384 g/mol. The van der Waals surface area contributed by atoms with Crippen molar-refractivity contribution in [2.45, 2.75) is 13.0 Å². The first-order chi connectivity index (χ1) is 14.2. The summed E-state index contributed by atoms with van der Waals surface area (Å²) in [7, 11) is 0. The van der Waals surface area contributed by atoms with Gasteiger partial charge in [0.1, 0.15) is 5.82 Å². The number of pyridine rings is 1. The third kappa shape index (κ3) is 4.23.